The summed E-state index contributed by atoms with van der Waals surface area (Å²) in [7, 11) is 0. The lowest BCUT2D eigenvalue weighted by Crippen LogP contribution is -2.19. The van der Waals surface area contributed by atoms with E-state index in [0.29, 0.717) is 11.6 Å². The van der Waals surface area contributed by atoms with E-state index in [0.717, 1.165) is 43.8 Å². The second-order valence-electron chi connectivity index (χ2n) is 6.77. The van der Waals surface area contributed by atoms with Crippen molar-refractivity contribution >= 4 is 23.1 Å². The lowest BCUT2D eigenvalue weighted by atomic mass is 10.2. The monoisotopic (exact) mass is 417 g/mol. The van der Waals surface area contributed by atoms with E-state index in [2.05, 4.69) is 30.6 Å². The molecule has 0 unspecified atom stereocenters. The Hall–Kier alpha value is -3.63. The summed E-state index contributed by atoms with van der Waals surface area (Å²) < 4.78 is 39.7. The zero-order chi connectivity index (χ0) is 21.1. The molecule has 1 saturated heterocycles. The number of carbonyl (C=O) groups excluding carboxylic acids is 1. The minimum absolute atomic E-state index is 0.0237. The number of halogens is 3. The van der Waals surface area contributed by atoms with Crippen molar-refractivity contribution in [3.63, 3.8) is 0 Å². The molecule has 3 aromatic rings. The van der Waals surface area contributed by atoms with E-state index >= 15 is 0 Å². The number of carbonyl (C=O) groups is 1. The molecular weight excluding hydrogens is 399 g/mol. The molecule has 2 aromatic heterocycles. The normalized spacial score (nSPS) is 14.0. The number of aromatic nitrogens is 4. The predicted molar refractivity (Wildman–Crippen MR) is 105 cm³/mol. The summed E-state index contributed by atoms with van der Waals surface area (Å²) in [5.74, 6) is 0.337. The van der Waals surface area contributed by atoms with Crippen LogP contribution in [-0.2, 0) is 6.18 Å². The molecule has 3 heterocycles. The summed E-state index contributed by atoms with van der Waals surface area (Å²) in [6.07, 6.45) is 4.17. The second kappa shape index (κ2) is 8.01. The van der Waals surface area contributed by atoms with E-state index in [1.54, 1.807) is 12.4 Å². The van der Waals surface area contributed by atoms with Gasteiger partial charge in [-0.25, -0.2) is 19.4 Å². The van der Waals surface area contributed by atoms with Crippen molar-refractivity contribution in [3.8, 4) is 5.95 Å². The zero-order valence-electron chi connectivity index (χ0n) is 15.7. The average molecular weight is 417 g/mol. The topological polar surface area (TPSA) is 88.0 Å². The van der Waals surface area contributed by atoms with E-state index < -0.39 is 17.8 Å². The van der Waals surface area contributed by atoms with Gasteiger partial charge in [0, 0.05) is 18.8 Å². The van der Waals surface area contributed by atoms with Gasteiger partial charge in [-0.1, -0.05) is 6.07 Å². The molecule has 0 atom stereocenters. The highest BCUT2D eigenvalue weighted by Gasteiger charge is 2.30. The molecule has 1 aromatic carbocycles. The Kier molecular flexibility index (Phi) is 5.25. The Morgan fingerprint density at radius 1 is 1.00 bits per heavy atom. The maximum absolute atomic E-state index is 12.8. The van der Waals surface area contributed by atoms with Crippen molar-refractivity contribution in [2.75, 3.05) is 28.6 Å². The van der Waals surface area contributed by atoms with Crippen molar-refractivity contribution in [3.05, 3.63) is 54.6 Å². The number of nitrogens with one attached hydrogen (secondary N) is 2. The SMILES string of the molecule is O=C(Nc1cccc(C(F)(F)F)c1)Nc1cnn(-c2ncc(N3CCCC3)cn2)c1. The molecule has 4 rings (SSSR count). The molecule has 8 nitrogen and oxygen atoms in total. The van der Waals surface area contributed by atoms with Crippen LogP contribution in [0, 0.1) is 0 Å². The van der Waals surface area contributed by atoms with Gasteiger partial charge < -0.3 is 15.5 Å². The molecule has 30 heavy (non-hydrogen) atoms. The summed E-state index contributed by atoms with van der Waals surface area (Å²) >= 11 is 0. The Morgan fingerprint density at radius 3 is 2.40 bits per heavy atom. The second-order valence-corrected chi connectivity index (χ2v) is 6.77. The molecule has 0 saturated carbocycles. The first-order valence-electron chi connectivity index (χ1n) is 9.26. The lowest BCUT2D eigenvalue weighted by Gasteiger charge is -2.16. The summed E-state index contributed by atoms with van der Waals surface area (Å²) in [4.78, 5) is 22.9. The van der Waals surface area contributed by atoms with Crippen molar-refractivity contribution in [1.82, 2.24) is 19.7 Å². The number of urea groups is 1. The third-order valence-corrected chi connectivity index (χ3v) is 4.59. The maximum atomic E-state index is 12.8. The summed E-state index contributed by atoms with van der Waals surface area (Å²) in [6.45, 7) is 1.97. The molecule has 0 aliphatic carbocycles. The number of benzene rings is 1. The van der Waals surface area contributed by atoms with E-state index in [1.807, 2.05) is 0 Å². The number of hydrogen-bond donors (Lipinski definition) is 2. The van der Waals surface area contributed by atoms with Crippen LogP contribution in [0.1, 0.15) is 18.4 Å². The fourth-order valence-corrected chi connectivity index (χ4v) is 3.13. The maximum Gasteiger partial charge on any atom is 0.416 e. The molecule has 0 spiro atoms. The highest BCUT2D eigenvalue weighted by atomic mass is 19.4. The van der Waals surface area contributed by atoms with Crippen molar-refractivity contribution in [2.45, 2.75) is 19.0 Å². The van der Waals surface area contributed by atoms with E-state index in [-0.39, 0.29) is 5.69 Å². The largest absolute Gasteiger partial charge is 0.416 e. The van der Waals surface area contributed by atoms with Crippen molar-refractivity contribution in [1.29, 1.82) is 0 Å². The molecule has 0 bridgehead atoms. The highest BCUT2D eigenvalue weighted by Crippen LogP contribution is 2.30. The molecule has 0 radical (unpaired) electrons. The standard InChI is InChI=1S/C19H18F3N7O/c20-19(21,22)13-4-3-5-14(8-13)26-18(30)27-15-9-25-29(12-15)17-23-10-16(11-24-17)28-6-1-2-7-28/h3-5,8-12H,1-2,6-7H2,(H2,26,27,30). The quantitative estimate of drug-likeness (QED) is 0.672. The van der Waals surface area contributed by atoms with Gasteiger partial charge in [0.2, 0.25) is 0 Å². The smallest absolute Gasteiger partial charge is 0.369 e. The van der Waals surface area contributed by atoms with Crippen LogP contribution in [0.15, 0.2) is 49.1 Å². The van der Waals surface area contributed by atoms with Gasteiger partial charge in [-0.05, 0) is 31.0 Å². The molecule has 1 aliphatic rings. The molecular formula is C19H18F3N7O. The number of nitrogens with zero attached hydrogens (tertiary/aromatic N) is 5. The minimum atomic E-state index is -4.49. The van der Waals surface area contributed by atoms with Gasteiger partial charge in [-0.15, -0.1) is 0 Å². The summed E-state index contributed by atoms with van der Waals surface area (Å²) in [5.41, 5.74) is 0.465. The summed E-state index contributed by atoms with van der Waals surface area (Å²) in [5, 5.41) is 8.99. The Morgan fingerprint density at radius 2 is 1.70 bits per heavy atom. The van der Waals surface area contributed by atoms with Crippen LogP contribution < -0.4 is 15.5 Å². The van der Waals surface area contributed by atoms with Crippen LogP contribution in [0.4, 0.5) is 35.0 Å². The fraction of sp³-hybridized carbons (Fsp3) is 0.263. The Balaban J connectivity index is 1.39. The average Bonchev–Trinajstić information content (AvgIpc) is 3.40. The first kappa shape index (κ1) is 19.7. The molecule has 156 valence electrons. The Labute approximate surface area is 169 Å². The third-order valence-electron chi connectivity index (χ3n) is 4.59. The molecule has 11 heteroatoms. The number of anilines is 3. The summed E-state index contributed by atoms with van der Waals surface area (Å²) in [6, 6.07) is 3.69. The number of amides is 2. The van der Waals surface area contributed by atoms with Gasteiger partial charge >= 0.3 is 12.2 Å². The van der Waals surface area contributed by atoms with Gasteiger partial charge in [-0.3, -0.25) is 0 Å². The van der Waals surface area contributed by atoms with Gasteiger partial charge in [0.25, 0.3) is 5.95 Å². The van der Waals surface area contributed by atoms with Crippen molar-refractivity contribution < 1.29 is 18.0 Å². The lowest BCUT2D eigenvalue weighted by molar-refractivity contribution is -0.137. The fourth-order valence-electron chi connectivity index (χ4n) is 3.13. The highest BCUT2D eigenvalue weighted by molar-refractivity contribution is 5.99. The number of hydrogen-bond acceptors (Lipinski definition) is 5. The van der Waals surface area contributed by atoms with Crippen LogP contribution in [0.25, 0.3) is 5.95 Å². The predicted octanol–water partition coefficient (Wildman–Crippen LogP) is 3.93. The van der Waals surface area contributed by atoms with Crippen LogP contribution in [0.5, 0.6) is 0 Å². The first-order chi connectivity index (χ1) is 14.4. The van der Waals surface area contributed by atoms with Crippen LogP contribution in [-0.4, -0.2) is 38.9 Å². The molecule has 2 N–H and O–H groups in total. The zero-order valence-corrected chi connectivity index (χ0v) is 15.7. The first-order valence-corrected chi connectivity index (χ1v) is 9.26. The van der Waals surface area contributed by atoms with Gasteiger partial charge in [-0.2, -0.15) is 18.3 Å². The minimum Gasteiger partial charge on any atom is -0.369 e. The van der Waals surface area contributed by atoms with E-state index in [1.165, 1.54) is 29.2 Å². The molecule has 1 aliphatic heterocycles. The van der Waals surface area contributed by atoms with Crippen molar-refractivity contribution in [2.24, 2.45) is 0 Å². The van der Waals surface area contributed by atoms with Gasteiger partial charge in [0.1, 0.15) is 0 Å². The molecule has 1 fully saturated rings. The Bertz CT molecular complexity index is 1030. The van der Waals surface area contributed by atoms with Crippen LogP contribution >= 0.6 is 0 Å². The van der Waals surface area contributed by atoms with Crippen LogP contribution in [0.3, 0.4) is 0 Å². The number of alkyl halides is 3. The third kappa shape index (κ3) is 4.50. The van der Waals surface area contributed by atoms with Gasteiger partial charge in [0.15, 0.2) is 0 Å². The van der Waals surface area contributed by atoms with E-state index in [4.69, 9.17) is 0 Å². The van der Waals surface area contributed by atoms with Gasteiger partial charge in [0.05, 0.1) is 41.7 Å². The molecule has 2 amide bonds. The van der Waals surface area contributed by atoms with E-state index in [9.17, 15) is 18.0 Å². The van der Waals surface area contributed by atoms with Crippen LogP contribution in [0.2, 0.25) is 0 Å². The number of rotatable bonds is 4.